The van der Waals surface area contributed by atoms with Gasteiger partial charge in [0.15, 0.2) is 11.4 Å². The minimum Gasteiger partial charge on any atom is -0.383 e. The number of ketones is 1. The number of hydrogen-bond acceptors (Lipinski definition) is 5. The highest BCUT2D eigenvalue weighted by molar-refractivity contribution is 5.97. The second kappa shape index (κ2) is 6.64. The molecule has 3 heterocycles. The number of nitrogens with zero attached hydrogens (tertiary/aromatic N) is 5. The van der Waals surface area contributed by atoms with E-state index >= 15 is 0 Å². The smallest absolute Gasteiger partial charge is 0.264 e. The number of carbonyl (C=O) groups is 1. The molecule has 0 N–H and O–H groups in total. The van der Waals surface area contributed by atoms with Crippen molar-refractivity contribution in [2.24, 2.45) is 7.05 Å². The highest BCUT2D eigenvalue weighted by atomic mass is 16.5. The Morgan fingerprint density at radius 2 is 2.08 bits per heavy atom. The lowest BCUT2D eigenvalue weighted by molar-refractivity contribution is 0.0969. The van der Waals surface area contributed by atoms with Crippen LogP contribution in [0.2, 0.25) is 0 Å². The predicted molar refractivity (Wildman–Crippen MR) is 92.9 cm³/mol. The summed E-state index contributed by atoms with van der Waals surface area (Å²) in [5, 5.41) is 4.44. The van der Waals surface area contributed by atoms with E-state index in [9.17, 15) is 9.59 Å². The van der Waals surface area contributed by atoms with Gasteiger partial charge in [0.2, 0.25) is 0 Å². The standard InChI is InChI=1S/C17H21N5O3/c1-11-7-13(12(2)22(11)5-6-25-4)15(23)9-21-10-18-16-14(17(21)24)8-19-20(16)3/h7-8,10H,5-6,9H2,1-4H3. The summed E-state index contributed by atoms with van der Waals surface area (Å²) in [6, 6.07) is 1.86. The number of Topliss-reactive ketones (excluding diaryl/α,β-unsaturated/α-hetero) is 1. The molecule has 0 aliphatic carbocycles. The lowest BCUT2D eigenvalue weighted by atomic mass is 10.1. The van der Waals surface area contributed by atoms with Gasteiger partial charge in [-0.2, -0.15) is 5.10 Å². The molecule has 0 saturated heterocycles. The highest BCUT2D eigenvalue weighted by Crippen LogP contribution is 2.16. The lowest BCUT2D eigenvalue weighted by Crippen LogP contribution is -2.25. The molecule has 0 aliphatic heterocycles. The Bertz CT molecular complexity index is 996. The molecule has 0 fully saturated rings. The molecule has 0 aromatic carbocycles. The van der Waals surface area contributed by atoms with Crippen LogP contribution in [0.4, 0.5) is 0 Å². The molecule has 25 heavy (non-hydrogen) atoms. The maximum absolute atomic E-state index is 12.7. The molecular formula is C17H21N5O3. The predicted octanol–water partition coefficient (Wildman–Crippen LogP) is 1.08. The van der Waals surface area contributed by atoms with E-state index in [1.54, 1.807) is 14.2 Å². The van der Waals surface area contributed by atoms with Crippen LogP contribution in [0, 0.1) is 13.8 Å². The first kappa shape index (κ1) is 17.1. The summed E-state index contributed by atoms with van der Waals surface area (Å²) in [6.07, 6.45) is 2.87. The first-order valence-corrected chi connectivity index (χ1v) is 8.00. The van der Waals surface area contributed by atoms with E-state index in [4.69, 9.17) is 4.74 Å². The molecule has 0 amide bonds. The molecular weight excluding hydrogens is 322 g/mol. The second-order valence-corrected chi connectivity index (χ2v) is 6.04. The van der Waals surface area contributed by atoms with Gasteiger partial charge in [0, 0.05) is 37.7 Å². The molecule has 0 atom stereocenters. The summed E-state index contributed by atoms with van der Waals surface area (Å²) in [4.78, 5) is 29.4. The van der Waals surface area contributed by atoms with Crippen molar-refractivity contribution in [3.05, 3.63) is 45.9 Å². The van der Waals surface area contributed by atoms with Crippen LogP contribution in [0.25, 0.3) is 11.0 Å². The SMILES string of the molecule is COCCn1c(C)cc(C(=O)Cn2cnc3c(cnn3C)c2=O)c1C. The first-order valence-electron chi connectivity index (χ1n) is 8.00. The topological polar surface area (TPSA) is 83.9 Å². The number of aromatic nitrogens is 5. The van der Waals surface area contributed by atoms with Gasteiger partial charge in [0.1, 0.15) is 11.7 Å². The zero-order valence-corrected chi connectivity index (χ0v) is 14.8. The van der Waals surface area contributed by atoms with Gasteiger partial charge in [-0.1, -0.05) is 0 Å². The number of ether oxygens (including phenoxy) is 1. The number of fused-ring (bicyclic) bond motifs is 1. The van der Waals surface area contributed by atoms with Gasteiger partial charge in [0.05, 0.1) is 19.3 Å². The lowest BCUT2D eigenvalue weighted by Gasteiger charge is -2.09. The van der Waals surface area contributed by atoms with Crippen molar-refractivity contribution >= 4 is 16.8 Å². The van der Waals surface area contributed by atoms with Crippen molar-refractivity contribution in [2.75, 3.05) is 13.7 Å². The minimum atomic E-state index is -0.264. The van der Waals surface area contributed by atoms with Crippen molar-refractivity contribution in [3.63, 3.8) is 0 Å². The van der Waals surface area contributed by atoms with Gasteiger partial charge >= 0.3 is 0 Å². The fourth-order valence-electron chi connectivity index (χ4n) is 3.03. The normalized spacial score (nSPS) is 11.4. The number of hydrogen-bond donors (Lipinski definition) is 0. The summed E-state index contributed by atoms with van der Waals surface area (Å²) in [5.41, 5.74) is 2.73. The molecule has 3 aromatic rings. The Balaban J connectivity index is 1.90. The van der Waals surface area contributed by atoms with Gasteiger partial charge in [0.25, 0.3) is 5.56 Å². The summed E-state index contributed by atoms with van der Waals surface area (Å²) in [5.74, 6) is -0.121. The van der Waals surface area contributed by atoms with Crippen molar-refractivity contribution in [1.82, 2.24) is 23.9 Å². The molecule has 0 bridgehead atoms. The van der Waals surface area contributed by atoms with Crippen molar-refractivity contribution in [1.29, 1.82) is 0 Å². The summed E-state index contributed by atoms with van der Waals surface area (Å²) >= 11 is 0. The summed E-state index contributed by atoms with van der Waals surface area (Å²) in [7, 11) is 3.37. The van der Waals surface area contributed by atoms with Gasteiger partial charge in [-0.05, 0) is 19.9 Å². The Morgan fingerprint density at radius 3 is 2.80 bits per heavy atom. The Labute approximate surface area is 144 Å². The Kier molecular flexibility index (Phi) is 4.54. The van der Waals surface area contributed by atoms with E-state index in [1.807, 2.05) is 24.5 Å². The van der Waals surface area contributed by atoms with Crippen LogP contribution in [0.1, 0.15) is 21.7 Å². The zero-order chi connectivity index (χ0) is 18.1. The molecule has 3 aromatic heterocycles. The minimum absolute atomic E-state index is 0.0504. The molecule has 0 spiro atoms. The molecule has 8 nitrogen and oxygen atoms in total. The van der Waals surface area contributed by atoms with Crippen molar-refractivity contribution < 1.29 is 9.53 Å². The van der Waals surface area contributed by atoms with Gasteiger partial charge in [-0.3, -0.25) is 18.8 Å². The monoisotopic (exact) mass is 343 g/mol. The van der Waals surface area contributed by atoms with Crippen LogP contribution in [0.15, 0.2) is 23.4 Å². The molecule has 0 aliphatic rings. The summed E-state index contributed by atoms with van der Waals surface area (Å²) in [6.45, 7) is 5.07. The Morgan fingerprint density at radius 1 is 1.32 bits per heavy atom. The van der Waals surface area contributed by atoms with Gasteiger partial charge in [-0.15, -0.1) is 0 Å². The van der Waals surface area contributed by atoms with Crippen LogP contribution >= 0.6 is 0 Å². The average Bonchev–Trinajstić information content (AvgIpc) is 3.09. The quantitative estimate of drug-likeness (QED) is 0.625. The number of carbonyl (C=O) groups excluding carboxylic acids is 1. The van der Waals surface area contributed by atoms with Crippen LogP contribution < -0.4 is 5.56 Å². The first-order chi connectivity index (χ1) is 11.9. The number of rotatable bonds is 6. The number of methoxy groups -OCH3 is 1. The third kappa shape index (κ3) is 3.00. The van der Waals surface area contributed by atoms with Crippen LogP contribution in [-0.4, -0.2) is 43.4 Å². The van der Waals surface area contributed by atoms with E-state index in [0.29, 0.717) is 29.7 Å². The Hall–Kier alpha value is -2.74. The van der Waals surface area contributed by atoms with Gasteiger partial charge in [-0.25, -0.2) is 4.98 Å². The summed E-state index contributed by atoms with van der Waals surface area (Å²) < 4.78 is 10.0. The van der Waals surface area contributed by atoms with Crippen LogP contribution in [0.3, 0.4) is 0 Å². The highest BCUT2D eigenvalue weighted by Gasteiger charge is 2.17. The molecule has 3 rings (SSSR count). The third-order valence-corrected chi connectivity index (χ3v) is 4.43. The van der Waals surface area contributed by atoms with E-state index in [1.165, 1.54) is 21.8 Å². The van der Waals surface area contributed by atoms with Gasteiger partial charge < -0.3 is 9.30 Å². The van der Waals surface area contributed by atoms with E-state index in [2.05, 4.69) is 10.1 Å². The molecule has 0 saturated carbocycles. The van der Waals surface area contributed by atoms with Crippen molar-refractivity contribution in [2.45, 2.75) is 26.9 Å². The largest absolute Gasteiger partial charge is 0.383 e. The van der Waals surface area contributed by atoms with Crippen LogP contribution in [0.5, 0.6) is 0 Å². The molecule has 0 radical (unpaired) electrons. The third-order valence-electron chi connectivity index (χ3n) is 4.43. The maximum Gasteiger partial charge on any atom is 0.264 e. The maximum atomic E-state index is 12.7. The fraction of sp³-hybridized carbons (Fsp3) is 0.412. The molecule has 0 unspecified atom stereocenters. The fourth-order valence-corrected chi connectivity index (χ4v) is 3.03. The second-order valence-electron chi connectivity index (χ2n) is 6.04. The molecule has 132 valence electrons. The zero-order valence-electron chi connectivity index (χ0n) is 14.8. The van der Waals surface area contributed by atoms with E-state index in [-0.39, 0.29) is 17.9 Å². The van der Waals surface area contributed by atoms with Crippen molar-refractivity contribution in [3.8, 4) is 0 Å². The average molecular weight is 343 g/mol. The van der Waals surface area contributed by atoms with Crippen LogP contribution in [-0.2, 0) is 24.9 Å². The van der Waals surface area contributed by atoms with E-state index < -0.39 is 0 Å². The number of aryl methyl sites for hydroxylation is 2. The molecule has 8 heteroatoms. The van der Waals surface area contributed by atoms with E-state index in [0.717, 1.165) is 11.4 Å².